The van der Waals surface area contributed by atoms with Crippen LogP contribution in [0.3, 0.4) is 0 Å². The second-order valence-corrected chi connectivity index (χ2v) is 9.45. The van der Waals surface area contributed by atoms with E-state index in [0.29, 0.717) is 19.3 Å². The van der Waals surface area contributed by atoms with Crippen molar-refractivity contribution in [3.8, 4) is 0 Å². The van der Waals surface area contributed by atoms with Crippen LogP contribution in [0.5, 0.6) is 0 Å². The number of hydrogen-bond acceptors (Lipinski definition) is 5. The summed E-state index contributed by atoms with van der Waals surface area (Å²) in [6, 6.07) is 0. The van der Waals surface area contributed by atoms with Gasteiger partial charge in [-0.3, -0.25) is 14.4 Å². The van der Waals surface area contributed by atoms with Crippen molar-refractivity contribution in [2.45, 2.75) is 73.6 Å². The van der Waals surface area contributed by atoms with Gasteiger partial charge < -0.3 is 14.6 Å². The maximum Gasteiger partial charge on any atom is 0.312 e. The predicted octanol–water partition coefficient (Wildman–Crippen LogP) is 4.06. The van der Waals surface area contributed by atoms with Crippen molar-refractivity contribution < 1.29 is 29.0 Å². The highest BCUT2D eigenvalue weighted by molar-refractivity contribution is 5.81. The van der Waals surface area contributed by atoms with E-state index in [9.17, 15) is 19.5 Å². The Labute approximate surface area is 163 Å². The van der Waals surface area contributed by atoms with Crippen LogP contribution in [-0.2, 0) is 23.9 Å². The number of rotatable bonds is 8. The molecule has 0 aromatic rings. The molecule has 0 radical (unpaired) electrons. The van der Waals surface area contributed by atoms with E-state index in [1.807, 2.05) is 20.8 Å². The average Bonchev–Trinajstić information content (AvgIpc) is 2.56. The molecule has 0 amide bonds. The molecule has 1 N–H and O–H groups in total. The molecule has 0 aliphatic heterocycles. The van der Waals surface area contributed by atoms with Gasteiger partial charge in [-0.05, 0) is 37.5 Å². The Bertz CT molecular complexity index is 533. The quantitative estimate of drug-likeness (QED) is 0.501. The van der Waals surface area contributed by atoms with E-state index in [1.165, 1.54) is 0 Å². The molecule has 1 rings (SSSR count). The van der Waals surface area contributed by atoms with Gasteiger partial charge in [0.25, 0.3) is 0 Å². The minimum Gasteiger partial charge on any atom is -0.481 e. The van der Waals surface area contributed by atoms with Gasteiger partial charge in [0, 0.05) is 0 Å². The number of carbonyl (C=O) groups is 3. The Hall–Kier alpha value is -1.59. The molecule has 6 heteroatoms. The van der Waals surface area contributed by atoms with E-state index in [0.717, 1.165) is 12.8 Å². The average molecular weight is 385 g/mol. The van der Waals surface area contributed by atoms with E-state index < -0.39 is 29.2 Å². The van der Waals surface area contributed by atoms with Gasteiger partial charge >= 0.3 is 17.9 Å². The van der Waals surface area contributed by atoms with Crippen LogP contribution >= 0.6 is 0 Å². The molecule has 156 valence electrons. The summed E-state index contributed by atoms with van der Waals surface area (Å²) in [4.78, 5) is 36.2. The first kappa shape index (κ1) is 23.4. The highest BCUT2D eigenvalue weighted by Gasteiger charge is 2.41. The van der Waals surface area contributed by atoms with Crippen LogP contribution in [0.25, 0.3) is 0 Å². The fraction of sp³-hybridized carbons (Fsp3) is 0.857. The summed E-state index contributed by atoms with van der Waals surface area (Å²) >= 11 is 0. The van der Waals surface area contributed by atoms with Gasteiger partial charge in [-0.1, -0.05) is 47.5 Å². The molecular formula is C21H36O6. The Morgan fingerprint density at radius 2 is 1.48 bits per heavy atom. The largest absolute Gasteiger partial charge is 0.481 e. The van der Waals surface area contributed by atoms with E-state index in [-0.39, 0.29) is 30.5 Å². The van der Waals surface area contributed by atoms with Gasteiger partial charge in [0.15, 0.2) is 0 Å². The highest BCUT2D eigenvalue weighted by Crippen LogP contribution is 2.40. The fourth-order valence-corrected chi connectivity index (χ4v) is 3.87. The second-order valence-electron chi connectivity index (χ2n) is 9.45. The van der Waals surface area contributed by atoms with Crippen LogP contribution in [0, 0.1) is 28.6 Å². The summed E-state index contributed by atoms with van der Waals surface area (Å²) < 4.78 is 10.6. The monoisotopic (exact) mass is 384 g/mol. The van der Waals surface area contributed by atoms with Crippen molar-refractivity contribution in [3.05, 3.63) is 0 Å². The van der Waals surface area contributed by atoms with Gasteiger partial charge in [-0.2, -0.15) is 0 Å². The van der Waals surface area contributed by atoms with Gasteiger partial charge in [0.1, 0.15) is 13.2 Å². The zero-order chi connectivity index (χ0) is 20.8. The first-order valence-corrected chi connectivity index (χ1v) is 9.95. The van der Waals surface area contributed by atoms with Crippen molar-refractivity contribution in [3.63, 3.8) is 0 Å². The number of carboxylic acid groups (broad SMARTS) is 1. The Morgan fingerprint density at radius 3 is 1.96 bits per heavy atom. The lowest BCUT2D eigenvalue weighted by Gasteiger charge is -2.36. The number of carboxylic acids is 1. The summed E-state index contributed by atoms with van der Waals surface area (Å²) in [5.41, 5.74) is -0.628. The molecule has 0 bridgehead atoms. The molecule has 6 nitrogen and oxygen atoms in total. The van der Waals surface area contributed by atoms with E-state index in [1.54, 1.807) is 0 Å². The molecule has 1 aliphatic carbocycles. The van der Waals surface area contributed by atoms with Crippen LogP contribution in [0.4, 0.5) is 0 Å². The number of esters is 2. The molecule has 0 aromatic heterocycles. The predicted molar refractivity (Wildman–Crippen MR) is 102 cm³/mol. The summed E-state index contributed by atoms with van der Waals surface area (Å²) in [6.07, 6.45) is 3.38. The van der Waals surface area contributed by atoms with Crippen molar-refractivity contribution in [1.29, 1.82) is 0 Å². The van der Waals surface area contributed by atoms with Gasteiger partial charge in [-0.15, -0.1) is 0 Å². The molecule has 1 saturated carbocycles. The maximum atomic E-state index is 12.6. The first-order valence-electron chi connectivity index (χ1n) is 9.95. The number of carbonyl (C=O) groups excluding carboxylic acids is 2. The molecule has 0 saturated heterocycles. The van der Waals surface area contributed by atoms with Crippen LogP contribution < -0.4 is 0 Å². The number of aliphatic carboxylic acids is 1. The lowest BCUT2D eigenvalue weighted by atomic mass is 9.69. The Morgan fingerprint density at radius 1 is 0.963 bits per heavy atom. The minimum absolute atomic E-state index is 0.0124. The summed E-state index contributed by atoms with van der Waals surface area (Å²) in [7, 11) is 0. The summed E-state index contributed by atoms with van der Waals surface area (Å²) in [5.74, 6) is -2.90. The maximum absolute atomic E-state index is 12.6. The zero-order valence-electron chi connectivity index (χ0n) is 17.7. The topological polar surface area (TPSA) is 89.9 Å². The standard InChI is InChI=1S/C21H36O6/c1-14(2)21(6,13-20(3,4)5)19(25)27-12-11-26-18(24)16-10-8-7-9-15(16)17(22)23/h14-16H,7-13H2,1-6H3,(H,22,23). The normalized spacial score (nSPS) is 22.8. The highest BCUT2D eigenvalue weighted by atomic mass is 16.6. The Kier molecular flexibility index (Phi) is 8.30. The first-order chi connectivity index (χ1) is 12.4. The molecule has 1 fully saturated rings. The molecule has 1 aliphatic rings. The van der Waals surface area contributed by atoms with Crippen LogP contribution in [-0.4, -0.2) is 36.2 Å². The molecule has 3 unspecified atom stereocenters. The lowest BCUT2D eigenvalue weighted by Crippen LogP contribution is -2.39. The van der Waals surface area contributed by atoms with Crippen molar-refractivity contribution in [2.24, 2.45) is 28.6 Å². The smallest absolute Gasteiger partial charge is 0.312 e. The summed E-state index contributed by atoms with van der Waals surface area (Å²) in [5, 5.41) is 9.26. The third kappa shape index (κ3) is 6.82. The Balaban J connectivity index is 2.53. The molecular weight excluding hydrogens is 348 g/mol. The van der Waals surface area contributed by atoms with Crippen LogP contribution in [0.15, 0.2) is 0 Å². The molecule has 3 atom stereocenters. The minimum atomic E-state index is -0.946. The lowest BCUT2D eigenvalue weighted by molar-refractivity contribution is -0.167. The molecule has 0 heterocycles. The van der Waals surface area contributed by atoms with Gasteiger partial charge in [0.2, 0.25) is 0 Å². The zero-order valence-corrected chi connectivity index (χ0v) is 17.7. The van der Waals surface area contributed by atoms with E-state index in [2.05, 4.69) is 20.8 Å². The third-order valence-electron chi connectivity index (χ3n) is 5.58. The van der Waals surface area contributed by atoms with Crippen LogP contribution in [0.1, 0.15) is 73.6 Å². The van der Waals surface area contributed by atoms with Crippen LogP contribution in [0.2, 0.25) is 0 Å². The number of ether oxygens (including phenoxy) is 2. The fourth-order valence-electron chi connectivity index (χ4n) is 3.87. The number of hydrogen-bond donors (Lipinski definition) is 1. The van der Waals surface area contributed by atoms with E-state index >= 15 is 0 Å². The van der Waals surface area contributed by atoms with Gasteiger partial charge in [0.05, 0.1) is 17.3 Å². The molecule has 27 heavy (non-hydrogen) atoms. The molecule has 0 spiro atoms. The third-order valence-corrected chi connectivity index (χ3v) is 5.58. The summed E-state index contributed by atoms with van der Waals surface area (Å²) in [6.45, 7) is 12.1. The van der Waals surface area contributed by atoms with Crippen molar-refractivity contribution >= 4 is 17.9 Å². The SMILES string of the molecule is CC(C)C(C)(CC(C)(C)C)C(=O)OCCOC(=O)C1CCCCC1C(=O)O. The van der Waals surface area contributed by atoms with E-state index in [4.69, 9.17) is 9.47 Å². The molecule has 0 aromatic carbocycles. The second kappa shape index (κ2) is 9.56. The van der Waals surface area contributed by atoms with Gasteiger partial charge in [-0.25, -0.2) is 0 Å². The van der Waals surface area contributed by atoms with Crippen molar-refractivity contribution in [1.82, 2.24) is 0 Å². The van der Waals surface area contributed by atoms with Crippen molar-refractivity contribution in [2.75, 3.05) is 13.2 Å².